The van der Waals surface area contributed by atoms with Crippen LogP contribution in [0.2, 0.25) is 0 Å². The lowest BCUT2D eigenvalue weighted by Crippen LogP contribution is -2.30. The van der Waals surface area contributed by atoms with E-state index < -0.39 is 47.5 Å². The Morgan fingerprint density at radius 3 is 1.12 bits per heavy atom. The normalized spacial score (nSPS) is 38.2. The van der Waals surface area contributed by atoms with E-state index in [-0.39, 0.29) is 0 Å². The molecule has 1 fully saturated rings. The van der Waals surface area contributed by atoms with E-state index in [4.69, 9.17) is 15.3 Å². The molecular formula is C10H14O6. The lowest BCUT2D eigenvalue weighted by molar-refractivity contribution is -0.154. The van der Waals surface area contributed by atoms with E-state index in [0.717, 1.165) is 0 Å². The predicted molar refractivity (Wildman–Crippen MR) is 51.7 cm³/mol. The number of carboxylic acids is 3. The minimum absolute atomic E-state index is 0.675. The maximum absolute atomic E-state index is 11.0. The molecule has 16 heavy (non-hydrogen) atoms. The summed E-state index contributed by atoms with van der Waals surface area (Å²) in [4.78, 5) is 32.9. The summed E-state index contributed by atoms with van der Waals surface area (Å²) in [7, 11) is 0. The van der Waals surface area contributed by atoms with Crippen molar-refractivity contribution < 1.29 is 29.7 Å². The molecule has 90 valence electrons. The van der Waals surface area contributed by atoms with E-state index in [0.29, 0.717) is 0 Å². The molecule has 6 heteroatoms. The third kappa shape index (κ3) is 1.75. The van der Waals surface area contributed by atoms with Crippen molar-refractivity contribution in [3.8, 4) is 0 Å². The maximum atomic E-state index is 11.0. The standard InChI is InChI=1S/C10H14O6/c1-3-5(8(11)12)4(2)7(10(15)16)6(3)9(13)14/h3-7H,1-2H3,(H,11,12)(H,13,14)(H,15,16). The molecule has 0 aromatic rings. The Bertz CT molecular complexity index is 310. The zero-order valence-electron chi connectivity index (χ0n) is 8.95. The Balaban J connectivity index is 3.13. The van der Waals surface area contributed by atoms with Gasteiger partial charge in [0.25, 0.3) is 0 Å². The molecule has 0 aliphatic heterocycles. The van der Waals surface area contributed by atoms with E-state index in [2.05, 4.69) is 0 Å². The fourth-order valence-corrected chi connectivity index (χ4v) is 2.79. The molecule has 0 saturated heterocycles. The molecule has 0 bridgehead atoms. The molecule has 0 radical (unpaired) electrons. The van der Waals surface area contributed by atoms with Gasteiger partial charge in [0.2, 0.25) is 0 Å². The van der Waals surface area contributed by atoms with Gasteiger partial charge in [0.05, 0.1) is 17.8 Å². The summed E-state index contributed by atoms with van der Waals surface area (Å²) in [6.07, 6.45) is 0. The van der Waals surface area contributed by atoms with Gasteiger partial charge in [0.15, 0.2) is 0 Å². The van der Waals surface area contributed by atoms with E-state index in [1.807, 2.05) is 0 Å². The predicted octanol–water partition coefficient (Wildman–Crippen LogP) is 0.375. The summed E-state index contributed by atoms with van der Waals surface area (Å²) in [6, 6.07) is 0. The van der Waals surface area contributed by atoms with Crippen LogP contribution in [0.15, 0.2) is 0 Å². The number of hydrogen-bond acceptors (Lipinski definition) is 3. The minimum atomic E-state index is -1.24. The van der Waals surface area contributed by atoms with Gasteiger partial charge >= 0.3 is 17.9 Å². The Labute approximate surface area is 91.9 Å². The van der Waals surface area contributed by atoms with Crippen LogP contribution in [0.25, 0.3) is 0 Å². The highest BCUT2D eigenvalue weighted by molar-refractivity contribution is 5.84. The summed E-state index contributed by atoms with van der Waals surface area (Å²) in [5, 5.41) is 26.9. The molecule has 3 N–H and O–H groups in total. The smallest absolute Gasteiger partial charge is 0.307 e. The number of rotatable bonds is 3. The van der Waals surface area contributed by atoms with Gasteiger partial charge in [0, 0.05) is 0 Å². The topological polar surface area (TPSA) is 112 Å². The zero-order chi connectivity index (χ0) is 12.6. The molecule has 4 atom stereocenters. The number of carboxylic acid groups (broad SMARTS) is 3. The molecule has 1 aliphatic carbocycles. The van der Waals surface area contributed by atoms with Crippen molar-refractivity contribution in [2.24, 2.45) is 29.6 Å². The van der Waals surface area contributed by atoms with E-state index in [1.54, 1.807) is 0 Å². The molecule has 1 aliphatic rings. The molecular weight excluding hydrogens is 216 g/mol. The highest BCUT2D eigenvalue weighted by atomic mass is 16.4. The average molecular weight is 230 g/mol. The highest BCUT2D eigenvalue weighted by Gasteiger charge is 2.55. The molecule has 1 saturated carbocycles. The van der Waals surface area contributed by atoms with E-state index >= 15 is 0 Å². The third-order valence-corrected chi connectivity index (χ3v) is 3.51. The van der Waals surface area contributed by atoms with Crippen LogP contribution in [-0.4, -0.2) is 33.2 Å². The van der Waals surface area contributed by atoms with Gasteiger partial charge in [-0.2, -0.15) is 0 Å². The van der Waals surface area contributed by atoms with E-state index in [9.17, 15) is 14.4 Å². The van der Waals surface area contributed by atoms with Gasteiger partial charge in [-0.15, -0.1) is 0 Å². The van der Waals surface area contributed by atoms with Crippen LogP contribution in [0.4, 0.5) is 0 Å². The number of aliphatic carboxylic acids is 3. The van der Waals surface area contributed by atoms with Crippen LogP contribution < -0.4 is 0 Å². The molecule has 4 unspecified atom stereocenters. The average Bonchev–Trinajstić information content (AvgIpc) is 2.36. The van der Waals surface area contributed by atoms with Crippen molar-refractivity contribution >= 4 is 17.9 Å². The van der Waals surface area contributed by atoms with Gasteiger partial charge in [-0.25, -0.2) is 0 Å². The van der Waals surface area contributed by atoms with Gasteiger partial charge in [0.1, 0.15) is 0 Å². The fraction of sp³-hybridized carbons (Fsp3) is 0.700. The molecule has 0 spiro atoms. The first-order valence-electron chi connectivity index (χ1n) is 4.97. The quantitative estimate of drug-likeness (QED) is 0.646. The number of hydrogen-bond donors (Lipinski definition) is 3. The van der Waals surface area contributed by atoms with Crippen molar-refractivity contribution in [3.63, 3.8) is 0 Å². The summed E-state index contributed by atoms with van der Waals surface area (Å²) >= 11 is 0. The Morgan fingerprint density at radius 2 is 0.938 bits per heavy atom. The Kier molecular flexibility index (Phi) is 3.21. The lowest BCUT2D eigenvalue weighted by Gasteiger charge is -2.15. The molecule has 0 heterocycles. The van der Waals surface area contributed by atoms with Crippen molar-refractivity contribution in [2.75, 3.05) is 0 Å². The monoisotopic (exact) mass is 230 g/mol. The second kappa shape index (κ2) is 4.11. The molecule has 6 nitrogen and oxygen atoms in total. The van der Waals surface area contributed by atoms with Crippen molar-refractivity contribution in [1.82, 2.24) is 0 Å². The van der Waals surface area contributed by atoms with Gasteiger partial charge in [-0.1, -0.05) is 13.8 Å². The molecule has 0 aromatic heterocycles. The lowest BCUT2D eigenvalue weighted by atomic mass is 9.88. The largest absolute Gasteiger partial charge is 0.481 e. The van der Waals surface area contributed by atoms with Crippen molar-refractivity contribution in [1.29, 1.82) is 0 Å². The Morgan fingerprint density at radius 1 is 0.688 bits per heavy atom. The fourth-order valence-electron chi connectivity index (χ4n) is 2.79. The molecule has 0 amide bonds. The van der Waals surface area contributed by atoms with Gasteiger partial charge in [-0.3, -0.25) is 14.4 Å². The van der Waals surface area contributed by atoms with Crippen molar-refractivity contribution in [2.45, 2.75) is 13.8 Å². The Hall–Kier alpha value is -1.59. The SMILES string of the molecule is CC1C(C(=O)O)C(C)C(C(=O)O)C1C(=O)O. The minimum Gasteiger partial charge on any atom is -0.481 e. The first-order valence-corrected chi connectivity index (χ1v) is 4.97. The van der Waals surface area contributed by atoms with Crippen molar-refractivity contribution in [3.05, 3.63) is 0 Å². The maximum Gasteiger partial charge on any atom is 0.307 e. The summed E-state index contributed by atoms with van der Waals surface area (Å²) in [5.41, 5.74) is 0. The van der Waals surface area contributed by atoms with Crippen LogP contribution >= 0.6 is 0 Å². The van der Waals surface area contributed by atoms with Crippen LogP contribution in [0.3, 0.4) is 0 Å². The van der Waals surface area contributed by atoms with Crippen LogP contribution in [-0.2, 0) is 14.4 Å². The zero-order valence-corrected chi connectivity index (χ0v) is 8.95. The van der Waals surface area contributed by atoms with E-state index in [1.165, 1.54) is 13.8 Å². The first kappa shape index (κ1) is 12.5. The van der Waals surface area contributed by atoms with Crippen LogP contribution in [0.5, 0.6) is 0 Å². The third-order valence-electron chi connectivity index (χ3n) is 3.51. The summed E-state index contributed by atoms with van der Waals surface area (Å²) in [5.74, 6) is -8.14. The first-order chi connectivity index (χ1) is 7.29. The summed E-state index contributed by atoms with van der Waals surface area (Å²) in [6.45, 7) is 2.97. The van der Waals surface area contributed by atoms with Crippen LogP contribution in [0.1, 0.15) is 13.8 Å². The highest BCUT2D eigenvalue weighted by Crippen LogP contribution is 2.46. The van der Waals surface area contributed by atoms with Gasteiger partial charge in [-0.05, 0) is 11.8 Å². The summed E-state index contributed by atoms with van der Waals surface area (Å²) < 4.78 is 0. The van der Waals surface area contributed by atoms with Crippen LogP contribution in [0, 0.1) is 29.6 Å². The number of carbonyl (C=O) groups is 3. The molecule has 0 aromatic carbocycles. The second-order valence-electron chi connectivity index (χ2n) is 4.31. The van der Waals surface area contributed by atoms with Gasteiger partial charge < -0.3 is 15.3 Å². The second-order valence-corrected chi connectivity index (χ2v) is 4.31. The molecule has 1 rings (SSSR count).